The molecule has 2 aromatic rings. The molecule has 7 nitrogen and oxygen atoms in total. The van der Waals surface area contributed by atoms with Gasteiger partial charge >= 0.3 is 0 Å². The summed E-state index contributed by atoms with van der Waals surface area (Å²) in [6.45, 7) is 3.69. The van der Waals surface area contributed by atoms with E-state index in [0.717, 1.165) is 23.5 Å². The van der Waals surface area contributed by atoms with Crippen LogP contribution in [0.3, 0.4) is 0 Å². The molecule has 0 spiro atoms. The Hall–Kier alpha value is -1.68. The van der Waals surface area contributed by atoms with Crippen molar-refractivity contribution in [2.45, 2.75) is 23.5 Å². The van der Waals surface area contributed by atoms with E-state index in [1.807, 2.05) is 11.0 Å². The second-order valence-corrected chi connectivity index (χ2v) is 10.9. The molecule has 29 heavy (non-hydrogen) atoms. The van der Waals surface area contributed by atoms with Gasteiger partial charge in [0, 0.05) is 50.3 Å². The maximum atomic E-state index is 12.7. The fourth-order valence-corrected chi connectivity index (χ4v) is 6.95. The molecule has 2 fully saturated rings. The summed E-state index contributed by atoms with van der Waals surface area (Å²) in [5.41, 5.74) is 0. The van der Waals surface area contributed by atoms with Crippen LogP contribution in [0.5, 0.6) is 0 Å². The highest BCUT2D eigenvalue weighted by Crippen LogP contribution is 2.28. The van der Waals surface area contributed by atoms with Crippen LogP contribution in [0, 0.1) is 0 Å². The number of hydrogen-bond acceptors (Lipinski definition) is 6. The Morgan fingerprint density at radius 1 is 1.07 bits per heavy atom. The van der Waals surface area contributed by atoms with Crippen molar-refractivity contribution >= 4 is 44.7 Å². The summed E-state index contributed by atoms with van der Waals surface area (Å²) < 4.78 is 27.2. The van der Waals surface area contributed by atoms with Gasteiger partial charge in [0.05, 0.1) is 11.4 Å². The second kappa shape index (κ2) is 8.59. The molecule has 4 heterocycles. The van der Waals surface area contributed by atoms with Crippen molar-refractivity contribution in [3.8, 4) is 0 Å². The summed E-state index contributed by atoms with van der Waals surface area (Å²) in [6, 6.07) is 6.99. The maximum absolute atomic E-state index is 12.7. The van der Waals surface area contributed by atoms with Crippen molar-refractivity contribution < 1.29 is 13.2 Å². The van der Waals surface area contributed by atoms with Gasteiger partial charge in [-0.2, -0.15) is 4.31 Å². The van der Waals surface area contributed by atoms with Crippen LogP contribution < -0.4 is 4.90 Å². The molecule has 156 valence electrons. The maximum Gasteiger partial charge on any atom is 0.252 e. The fourth-order valence-electron chi connectivity index (χ4n) is 3.69. The Labute approximate surface area is 179 Å². The third-order valence-electron chi connectivity index (χ3n) is 5.29. The predicted molar refractivity (Wildman–Crippen MR) is 114 cm³/mol. The van der Waals surface area contributed by atoms with Crippen LogP contribution in [0.15, 0.2) is 34.7 Å². The predicted octanol–water partition coefficient (Wildman–Crippen LogP) is 2.47. The summed E-state index contributed by atoms with van der Waals surface area (Å²) in [5, 5.41) is 0.609. The van der Waals surface area contributed by atoms with Gasteiger partial charge in [-0.25, -0.2) is 13.4 Å². The van der Waals surface area contributed by atoms with Gasteiger partial charge in [0.2, 0.25) is 5.91 Å². The minimum atomic E-state index is -3.42. The van der Waals surface area contributed by atoms with Gasteiger partial charge in [0.1, 0.15) is 10.0 Å². The molecule has 0 bridgehead atoms. The summed E-state index contributed by atoms with van der Waals surface area (Å²) in [7, 11) is -3.42. The second-order valence-electron chi connectivity index (χ2n) is 7.19. The van der Waals surface area contributed by atoms with Gasteiger partial charge in [0.15, 0.2) is 0 Å². The number of hydrogen-bond donors (Lipinski definition) is 0. The molecule has 2 aliphatic heterocycles. The van der Waals surface area contributed by atoms with Gasteiger partial charge < -0.3 is 9.80 Å². The molecule has 0 atom stereocenters. The first-order valence-corrected chi connectivity index (χ1v) is 12.3. The first kappa shape index (κ1) is 20.6. The molecule has 0 unspecified atom stereocenters. The van der Waals surface area contributed by atoms with E-state index in [2.05, 4.69) is 9.88 Å². The molecule has 0 N–H and O–H groups in total. The molecule has 2 aliphatic rings. The minimum Gasteiger partial charge on any atom is -0.352 e. The van der Waals surface area contributed by atoms with Crippen molar-refractivity contribution in [2.75, 3.05) is 44.2 Å². The number of anilines is 1. The SMILES string of the molecule is O=C(Cc1ccc(S(=O)(=O)N2CCCC2)s1)N1CCN(c2ncccc2Cl)CC1. The molecule has 0 aliphatic carbocycles. The van der Waals surface area contributed by atoms with Gasteiger partial charge in [-0.1, -0.05) is 11.6 Å². The number of amides is 1. The van der Waals surface area contributed by atoms with E-state index in [4.69, 9.17) is 11.6 Å². The van der Waals surface area contributed by atoms with Crippen LogP contribution >= 0.6 is 22.9 Å². The molecule has 0 saturated carbocycles. The van der Waals surface area contributed by atoms with E-state index in [1.165, 1.54) is 15.6 Å². The Bertz CT molecular complexity index is 981. The van der Waals surface area contributed by atoms with Crippen LogP contribution in [0.2, 0.25) is 5.02 Å². The van der Waals surface area contributed by atoms with Crippen molar-refractivity contribution in [3.05, 3.63) is 40.4 Å². The van der Waals surface area contributed by atoms with Crippen LogP contribution in [0.4, 0.5) is 5.82 Å². The number of carbonyl (C=O) groups is 1. The highest BCUT2D eigenvalue weighted by Gasteiger charge is 2.29. The van der Waals surface area contributed by atoms with Crippen LogP contribution in [0.25, 0.3) is 0 Å². The number of aromatic nitrogens is 1. The lowest BCUT2D eigenvalue weighted by Gasteiger charge is -2.35. The molecule has 1 amide bonds. The average Bonchev–Trinajstić information content (AvgIpc) is 3.41. The minimum absolute atomic E-state index is 0.0174. The molecule has 4 rings (SSSR count). The van der Waals surface area contributed by atoms with Crippen LogP contribution in [0.1, 0.15) is 17.7 Å². The molecule has 10 heteroatoms. The van der Waals surface area contributed by atoms with E-state index in [-0.39, 0.29) is 12.3 Å². The van der Waals surface area contributed by atoms with Crippen molar-refractivity contribution in [2.24, 2.45) is 0 Å². The summed E-state index contributed by atoms with van der Waals surface area (Å²) in [6.07, 6.45) is 3.76. The Morgan fingerprint density at radius 2 is 1.79 bits per heavy atom. The number of thiophene rings is 1. The Kier molecular flexibility index (Phi) is 6.10. The van der Waals surface area contributed by atoms with E-state index in [0.29, 0.717) is 48.5 Å². The van der Waals surface area contributed by atoms with Crippen LogP contribution in [-0.4, -0.2) is 67.8 Å². The number of nitrogens with zero attached hydrogens (tertiary/aromatic N) is 4. The number of pyridine rings is 1. The third kappa shape index (κ3) is 4.42. The Morgan fingerprint density at radius 3 is 2.48 bits per heavy atom. The lowest BCUT2D eigenvalue weighted by Crippen LogP contribution is -2.49. The monoisotopic (exact) mass is 454 g/mol. The molecule has 2 aromatic heterocycles. The first-order valence-electron chi connectivity index (χ1n) is 9.67. The summed E-state index contributed by atoms with van der Waals surface area (Å²) in [5.74, 6) is 0.764. The average molecular weight is 455 g/mol. The number of rotatable bonds is 5. The van der Waals surface area contributed by atoms with Crippen molar-refractivity contribution in [1.29, 1.82) is 0 Å². The summed E-state index contributed by atoms with van der Waals surface area (Å²) in [4.78, 5) is 21.7. The quantitative estimate of drug-likeness (QED) is 0.693. The smallest absolute Gasteiger partial charge is 0.252 e. The summed E-state index contributed by atoms with van der Waals surface area (Å²) >= 11 is 7.42. The van der Waals surface area contributed by atoms with Gasteiger partial charge in [0.25, 0.3) is 10.0 Å². The van der Waals surface area contributed by atoms with Gasteiger partial charge in [-0.05, 0) is 37.1 Å². The number of halogens is 1. The first-order chi connectivity index (χ1) is 13.9. The van der Waals surface area contributed by atoms with E-state index in [1.54, 1.807) is 24.4 Å². The standard InChI is InChI=1S/C19H23ClN4O3S2/c20-16-4-3-7-21-19(16)23-12-10-22(11-13-23)17(25)14-15-5-6-18(28-15)29(26,27)24-8-1-2-9-24/h3-7H,1-2,8-14H2. The van der Waals surface area contributed by atoms with E-state index >= 15 is 0 Å². The van der Waals surface area contributed by atoms with Crippen LogP contribution in [-0.2, 0) is 21.2 Å². The lowest BCUT2D eigenvalue weighted by molar-refractivity contribution is -0.130. The number of sulfonamides is 1. The third-order valence-corrected chi connectivity index (χ3v) is 9.04. The number of carbonyl (C=O) groups excluding carboxylic acids is 1. The Balaban J connectivity index is 1.35. The normalized spacial score (nSPS) is 18.4. The molecule has 0 radical (unpaired) electrons. The number of piperazine rings is 1. The topological polar surface area (TPSA) is 73.8 Å². The largest absolute Gasteiger partial charge is 0.352 e. The lowest BCUT2D eigenvalue weighted by atomic mass is 10.2. The van der Waals surface area contributed by atoms with E-state index < -0.39 is 10.0 Å². The van der Waals surface area contributed by atoms with Gasteiger partial charge in [-0.3, -0.25) is 4.79 Å². The van der Waals surface area contributed by atoms with Crippen molar-refractivity contribution in [1.82, 2.24) is 14.2 Å². The molecule has 2 saturated heterocycles. The molecular weight excluding hydrogens is 432 g/mol. The highest BCUT2D eigenvalue weighted by molar-refractivity contribution is 7.91. The van der Waals surface area contributed by atoms with E-state index in [9.17, 15) is 13.2 Å². The zero-order valence-electron chi connectivity index (χ0n) is 16.0. The highest BCUT2D eigenvalue weighted by atomic mass is 35.5. The fraction of sp³-hybridized carbons (Fsp3) is 0.474. The zero-order valence-corrected chi connectivity index (χ0v) is 18.3. The van der Waals surface area contributed by atoms with Gasteiger partial charge in [-0.15, -0.1) is 11.3 Å². The van der Waals surface area contributed by atoms with Crippen molar-refractivity contribution in [3.63, 3.8) is 0 Å². The molecular formula is C19H23ClN4O3S2. The zero-order chi connectivity index (χ0) is 20.4. The molecule has 0 aromatic carbocycles.